The Labute approximate surface area is 142 Å². The molecule has 0 aromatic heterocycles. The molecular weight excluding hydrogens is 399 g/mol. The van der Waals surface area contributed by atoms with E-state index in [0.29, 0.717) is 0 Å². The number of rotatable bonds is 5. The van der Waals surface area contributed by atoms with Crippen molar-refractivity contribution in [2.45, 2.75) is 18.8 Å². The molecule has 0 saturated heterocycles. The summed E-state index contributed by atoms with van der Waals surface area (Å²) >= 11 is 13.7. The highest BCUT2D eigenvalue weighted by molar-refractivity contribution is 9.09. The first-order valence-corrected chi connectivity index (χ1v) is 9.16. The van der Waals surface area contributed by atoms with Crippen molar-refractivity contribution >= 4 is 43.5 Å². The van der Waals surface area contributed by atoms with Gasteiger partial charge in [0.1, 0.15) is 0 Å². The number of halogens is 3. The molecule has 2 rings (SSSR count). The van der Waals surface area contributed by atoms with E-state index in [4.69, 9.17) is 11.6 Å². The van der Waals surface area contributed by atoms with Crippen LogP contribution in [0.1, 0.15) is 16.7 Å². The van der Waals surface area contributed by atoms with Gasteiger partial charge in [0.25, 0.3) is 0 Å². The summed E-state index contributed by atoms with van der Waals surface area (Å²) in [6, 6.07) is 16.9. The second kappa shape index (κ2) is 7.11. The van der Waals surface area contributed by atoms with Crippen LogP contribution in [0.5, 0.6) is 0 Å². The minimum Gasteiger partial charge on any atom is -0.0918 e. The van der Waals surface area contributed by atoms with Gasteiger partial charge in [-0.05, 0) is 30.5 Å². The van der Waals surface area contributed by atoms with Crippen LogP contribution < -0.4 is 0 Å². The Hall–Kier alpha value is -0.310. The Morgan fingerprint density at radius 1 is 0.950 bits per heavy atom. The molecule has 3 heteroatoms. The van der Waals surface area contributed by atoms with Crippen LogP contribution in [-0.2, 0) is 11.8 Å². The molecule has 0 aliphatic heterocycles. The van der Waals surface area contributed by atoms with E-state index < -0.39 is 0 Å². The molecule has 0 saturated carbocycles. The first-order chi connectivity index (χ1) is 9.61. The molecule has 0 aliphatic carbocycles. The van der Waals surface area contributed by atoms with Crippen LogP contribution in [0.2, 0.25) is 5.02 Å². The first-order valence-electron chi connectivity index (χ1n) is 6.54. The molecule has 0 nitrogen and oxygen atoms in total. The van der Waals surface area contributed by atoms with E-state index >= 15 is 0 Å². The molecule has 0 radical (unpaired) electrons. The van der Waals surface area contributed by atoms with Crippen molar-refractivity contribution < 1.29 is 0 Å². The lowest BCUT2D eigenvalue weighted by atomic mass is 9.79. The van der Waals surface area contributed by atoms with Gasteiger partial charge in [-0.1, -0.05) is 91.5 Å². The average molecular weight is 417 g/mol. The maximum atomic E-state index is 6.33. The summed E-state index contributed by atoms with van der Waals surface area (Å²) in [5.41, 5.74) is 3.81. The molecule has 20 heavy (non-hydrogen) atoms. The Kier molecular flexibility index (Phi) is 5.71. The van der Waals surface area contributed by atoms with Crippen LogP contribution in [0.3, 0.4) is 0 Å². The number of hydrogen-bond acceptors (Lipinski definition) is 0. The molecule has 0 unspecified atom stereocenters. The molecule has 0 aliphatic rings. The molecule has 2 aromatic rings. The van der Waals surface area contributed by atoms with Gasteiger partial charge < -0.3 is 0 Å². The lowest BCUT2D eigenvalue weighted by molar-refractivity contribution is 0.551. The van der Waals surface area contributed by atoms with Crippen LogP contribution in [0.15, 0.2) is 48.5 Å². The first kappa shape index (κ1) is 16.1. The van der Waals surface area contributed by atoms with Gasteiger partial charge in [-0.2, -0.15) is 0 Å². The third-order valence-corrected chi connectivity index (χ3v) is 6.18. The average Bonchev–Trinajstić information content (AvgIpc) is 2.48. The molecule has 0 N–H and O–H groups in total. The summed E-state index contributed by atoms with van der Waals surface area (Å²) in [4.78, 5) is 0. The minimum atomic E-state index is 0.0126. The van der Waals surface area contributed by atoms with Crippen LogP contribution in [0.4, 0.5) is 0 Å². The number of hydrogen-bond donors (Lipinski definition) is 0. The Balaban J connectivity index is 2.39. The second-order valence-electron chi connectivity index (χ2n) is 5.18. The zero-order valence-corrected chi connectivity index (χ0v) is 15.3. The van der Waals surface area contributed by atoms with Crippen molar-refractivity contribution in [3.8, 4) is 0 Å². The van der Waals surface area contributed by atoms with Crippen LogP contribution >= 0.6 is 43.5 Å². The van der Waals surface area contributed by atoms with Crippen molar-refractivity contribution in [3.05, 3.63) is 70.2 Å². The zero-order valence-electron chi connectivity index (χ0n) is 11.4. The van der Waals surface area contributed by atoms with E-state index in [1.807, 2.05) is 18.2 Å². The minimum absolute atomic E-state index is 0.0126. The highest BCUT2D eigenvalue weighted by Gasteiger charge is 2.31. The predicted octanol–water partition coefficient (Wildman–Crippen LogP) is 5.92. The van der Waals surface area contributed by atoms with Gasteiger partial charge in [0.2, 0.25) is 0 Å². The fraction of sp³-hybridized carbons (Fsp3) is 0.294. The Morgan fingerprint density at radius 2 is 1.55 bits per heavy atom. The van der Waals surface area contributed by atoms with E-state index in [1.165, 1.54) is 16.7 Å². The van der Waals surface area contributed by atoms with Crippen LogP contribution in [0.25, 0.3) is 0 Å². The summed E-state index contributed by atoms with van der Waals surface area (Å²) in [5.74, 6) is 0. The third kappa shape index (κ3) is 3.47. The van der Waals surface area contributed by atoms with E-state index in [9.17, 15) is 0 Å². The molecular formula is C17H17Br2Cl. The monoisotopic (exact) mass is 414 g/mol. The van der Waals surface area contributed by atoms with Crippen molar-refractivity contribution in [3.63, 3.8) is 0 Å². The molecule has 106 valence electrons. The molecule has 0 amide bonds. The Bertz CT molecular complexity index is 559. The topological polar surface area (TPSA) is 0 Å². The summed E-state index contributed by atoms with van der Waals surface area (Å²) in [5, 5.41) is 2.62. The van der Waals surface area contributed by atoms with Gasteiger partial charge in [-0.15, -0.1) is 0 Å². The van der Waals surface area contributed by atoms with Crippen LogP contribution in [0, 0.1) is 6.92 Å². The number of benzene rings is 2. The third-order valence-electron chi connectivity index (χ3n) is 3.66. The fourth-order valence-electron chi connectivity index (χ4n) is 2.30. The van der Waals surface area contributed by atoms with Crippen molar-refractivity contribution in [2.75, 3.05) is 10.7 Å². The van der Waals surface area contributed by atoms with E-state index in [0.717, 1.165) is 22.1 Å². The zero-order chi connectivity index (χ0) is 14.6. The van der Waals surface area contributed by atoms with Crippen molar-refractivity contribution in [1.82, 2.24) is 0 Å². The molecule has 0 bridgehead atoms. The van der Waals surface area contributed by atoms with Gasteiger partial charge >= 0.3 is 0 Å². The Morgan fingerprint density at radius 3 is 2.10 bits per heavy atom. The number of aryl methyl sites for hydroxylation is 1. The lowest BCUT2D eigenvalue weighted by Gasteiger charge is -2.31. The predicted molar refractivity (Wildman–Crippen MR) is 95.6 cm³/mol. The van der Waals surface area contributed by atoms with Crippen LogP contribution in [-0.4, -0.2) is 10.7 Å². The fourth-order valence-corrected chi connectivity index (χ4v) is 4.48. The van der Waals surface area contributed by atoms with Gasteiger partial charge in [0.15, 0.2) is 0 Å². The summed E-state index contributed by atoms with van der Waals surface area (Å²) in [7, 11) is 0. The van der Waals surface area contributed by atoms with E-state index in [-0.39, 0.29) is 5.41 Å². The summed E-state index contributed by atoms with van der Waals surface area (Å²) in [6.45, 7) is 2.11. The second-order valence-corrected chi connectivity index (χ2v) is 6.71. The number of alkyl halides is 2. The van der Waals surface area contributed by atoms with Gasteiger partial charge in [0, 0.05) is 21.1 Å². The van der Waals surface area contributed by atoms with Gasteiger partial charge in [-0.3, -0.25) is 0 Å². The highest BCUT2D eigenvalue weighted by Crippen LogP contribution is 2.34. The summed E-state index contributed by atoms with van der Waals surface area (Å²) in [6.07, 6.45) is 0.909. The molecule has 0 fully saturated rings. The molecule has 0 heterocycles. The molecule has 2 aromatic carbocycles. The smallest absolute Gasteiger partial charge is 0.0438 e. The quantitative estimate of drug-likeness (QED) is 0.531. The highest BCUT2D eigenvalue weighted by atomic mass is 79.9. The van der Waals surface area contributed by atoms with Crippen molar-refractivity contribution in [2.24, 2.45) is 0 Å². The summed E-state index contributed by atoms with van der Waals surface area (Å²) < 4.78 is 0. The molecule has 0 atom stereocenters. The largest absolute Gasteiger partial charge is 0.0918 e. The van der Waals surface area contributed by atoms with Gasteiger partial charge in [0.05, 0.1) is 0 Å². The van der Waals surface area contributed by atoms with Gasteiger partial charge in [-0.25, -0.2) is 0 Å². The lowest BCUT2D eigenvalue weighted by Crippen LogP contribution is -2.33. The maximum absolute atomic E-state index is 6.33. The van der Waals surface area contributed by atoms with E-state index in [1.54, 1.807) is 0 Å². The maximum Gasteiger partial charge on any atom is 0.0438 e. The van der Waals surface area contributed by atoms with Crippen molar-refractivity contribution in [1.29, 1.82) is 0 Å². The molecule has 0 spiro atoms. The SMILES string of the molecule is Cc1ccc(C(CBr)(CBr)Cc2ccccc2Cl)cc1. The normalized spacial score (nSPS) is 11.6. The standard InChI is InChI=1S/C17H17Br2Cl/c1-13-6-8-15(9-7-13)17(11-18,12-19)10-14-4-2-3-5-16(14)20/h2-9H,10-12H2,1H3. The van der Waals surface area contributed by atoms with E-state index in [2.05, 4.69) is 69.1 Å².